The highest BCUT2D eigenvalue weighted by molar-refractivity contribution is 7.98. The Labute approximate surface area is 153 Å². The van der Waals surface area contributed by atoms with E-state index in [-0.39, 0.29) is 5.91 Å². The van der Waals surface area contributed by atoms with Crippen molar-refractivity contribution in [2.75, 3.05) is 26.5 Å². The molecule has 0 spiro atoms. The summed E-state index contributed by atoms with van der Waals surface area (Å²) in [6.07, 6.45) is 4.62. The van der Waals surface area contributed by atoms with Gasteiger partial charge in [0, 0.05) is 31.5 Å². The fourth-order valence-corrected chi connectivity index (χ4v) is 3.09. The van der Waals surface area contributed by atoms with Crippen molar-refractivity contribution in [1.29, 1.82) is 0 Å². The first-order valence-corrected chi connectivity index (χ1v) is 9.44. The molecule has 0 N–H and O–H groups in total. The SMILES string of the molecule is COCCN(Cc1ccco1)C(=O)CCc1c(C)nc(SC)nc1C. The number of methoxy groups -OCH3 is 1. The first-order chi connectivity index (χ1) is 12.0. The molecule has 0 bridgehead atoms. The Balaban J connectivity index is 2.02. The zero-order valence-electron chi connectivity index (χ0n) is 15.2. The maximum absolute atomic E-state index is 12.7. The van der Waals surface area contributed by atoms with Gasteiger partial charge in [-0.05, 0) is 44.2 Å². The molecule has 2 rings (SSSR count). The van der Waals surface area contributed by atoms with E-state index in [1.165, 1.54) is 11.8 Å². The molecule has 0 fully saturated rings. The lowest BCUT2D eigenvalue weighted by Gasteiger charge is -2.21. The molecule has 6 nitrogen and oxygen atoms in total. The van der Waals surface area contributed by atoms with Crippen molar-refractivity contribution in [3.05, 3.63) is 41.1 Å². The first kappa shape index (κ1) is 19.5. The van der Waals surface area contributed by atoms with Gasteiger partial charge in [-0.2, -0.15) is 0 Å². The fraction of sp³-hybridized carbons (Fsp3) is 0.500. The molecule has 0 aromatic carbocycles. The molecule has 0 unspecified atom stereocenters. The van der Waals surface area contributed by atoms with Crippen LogP contribution in [0.1, 0.15) is 29.1 Å². The lowest BCUT2D eigenvalue weighted by molar-refractivity contribution is -0.132. The largest absolute Gasteiger partial charge is 0.467 e. The van der Waals surface area contributed by atoms with Gasteiger partial charge in [0.1, 0.15) is 5.76 Å². The number of nitrogens with zero attached hydrogens (tertiary/aromatic N) is 3. The van der Waals surface area contributed by atoms with Crippen LogP contribution in [-0.4, -0.2) is 47.3 Å². The molecule has 0 atom stereocenters. The summed E-state index contributed by atoms with van der Waals surface area (Å²) in [5.41, 5.74) is 2.94. The Morgan fingerprint density at radius 1 is 1.32 bits per heavy atom. The van der Waals surface area contributed by atoms with Crippen LogP contribution in [0.4, 0.5) is 0 Å². The zero-order valence-corrected chi connectivity index (χ0v) is 16.1. The molecule has 0 saturated heterocycles. The van der Waals surface area contributed by atoms with Gasteiger partial charge < -0.3 is 14.1 Å². The quantitative estimate of drug-likeness (QED) is 0.504. The molecular formula is C18H25N3O3S. The number of hydrogen-bond donors (Lipinski definition) is 0. The Morgan fingerprint density at radius 3 is 2.60 bits per heavy atom. The third-order valence-corrected chi connectivity index (χ3v) is 4.56. The van der Waals surface area contributed by atoms with Gasteiger partial charge >= 0.3 is 0 Å². The summed E-state index contributed by atoms with van der Waals surface area (Å²) in [6, 6.07) is 3.70. The normalized spacial score (nSPS) is 10.9. The summed E-state index contributed by atoms with van der Waals surface area (Å²) in [6.45, 7) is 5.43. The summed E-state index contributed by atoms with van der Waals surface area (Å²) in [4.78, 5) is 23.4. The minimum Gasteiger partial charge on any atom is -0.467 e. The van der Waals surface area contributed by atoms with Crippen LogP contribution in [0.5, 0.6) is 0 Å². The number of carbonyl (C=O) groups excluding carboxylic acids is 1. The second kappa shape index (κ2) is 9.58. The summed E-state index contributed by atoms with van der Waals surface area (Å²) in [5.74, 6) is 0.839. The van der Waals surface area contributed by atoms with Crippen LogP contribution in [0, 0.1) is 13.8 Å². The number of furan rings is 1. The molecule has 0 aliphatic rings. The van der Waals surface area contributed by atoms with Crippen LogP contribution < -0.4 is 0 Å². The van der Waals surface area contributed by atoms with Crippen molar-refractivity contribution in [2.45, 2.75) is 38.4 Å². The van der Waals surface area contributed by atoms with Crippen LogP contribution in [0.2, 0.25) is 0 Å². The molecule has 0 aliphatic carbocycles. The lowest BCUT2D eigenvalue weighted by Crippen LogP contribution is -2.33. The number of hydrogen-bond acceptors (Lipinski definition) is 6. The first-order valence-electron chi connectivity index (χ1n) is 8.22. The van der Waals surface area contributed by atoms with Crippen LogP contribution in [0.25, 0.3) is 0 Å². The van der Waals surface area contributed by atoms with Crippen LogP contribution >= 0.6 is 11.8 Å². The summed E-state index contributed by atoms with van der Waals surface area (Å²) in [5, 5.41) is 0.768. The average Bonchev–Trinajstić information content (AvgIpc) is 3.10. The van der Waals surface area contributed by atoms with E-state index < -0.39 is 0 Å². The number of aromatic nitrogens is 2. The van der Waals surface area contributed by atoms with Gasteiger partial charge in [0.05, 0.1) is 19.4 Å². The number of aryl methyl sites for hydroxylation is 2. The van der Waals surface area contributed by atoms with Crippen molar-refractivity contribution in [3.63, 3.8) is 0 Å². The van der Waals surface area contributed by atoms with Gasteiger partial charge in [0.25, 0.3) is 0 Å². The topological polar surface area (TPSA) is 68.5 Å². The molecule has 0 aliphatic heterocycles. The van der Waals surface area contributed by atoms with Crippen molar-refractivity contribution in [1.82, 2.24) is 14.9 Å². The maximum Gasteiger partial charge on any atom is 0.223 e. The molecule has 25 heavy (non-hydrogen) atoms. The highest BCUT2D eigenvalue weighted by Crippen LogP contribution is 2.18. The van der Waals surface area contributed by atoms with Crippen LogP contribution in [0.15, 0.2) is 28.0 Å². The van der Waals surface area contributed by atoms with E-state index in [1.807, 2.05) is 32.2 Å². The van der Waals surface area contributed by atoms with E-state index in [2.05, 4.69) is 9.97 Å². The van der Waals surface area contributed by atoms with Gasteiger partial charge in [-0.15, -0.1) is 0 Å². The number of thioether (sulfide) groups is 1. The predicted octanol–water partition coefficient (Wildman–Crippen LogP) is 3.02. The smallest absolute Gasteiger partial charge is 0.223 e. The molecule has 2 heterocycles. The minimum atomic E-state index is 0.0705. The third kappa shape index (κ3) is 5.57. The Morgan fingerprint density at radius 2 is 2.04 bits per heavy atom. The number of carbonyl (C=O) groups is 1. The molecule has 136 valence electrons. The van der Waals surface area contributed by atoms with E-state index in [1.54, 1.807) is 18.3 Å². The van der Waals surface area contributed by atoms with E-state index in [9.17, 15) is 4.79 Å². The second-order valence-electron chi connectivity index (χ2n) is 5.75. The second-order valence-corrected chi connectivity index (χ2v) is 6.52. The van der Waals surface area contributed by atoms with E-state index >= 15 is 0 Å². The van der Waals surface area contributed by atoms with E-state index in [4.69, 9.17) is 9.15 Å². The average molecular weight is 363 g/mol. The van der Waals surface area contributed by atoms with E-state index in [0.29, 0.717) is 32.5 Å². The third-order valence-electron chi connectivity index (χ3n) is 4.02. The monoisotopic (exact) mass is 363 g/mol. The molecule has 0 saturated carbocycles. The Bertz CT molecular complexity index is 666. The van der Waals surface area contributed by atoms with Gasteiger partial charge in [-0.3, -0.25) is 4.79 Å². The molecule has 0 radical (unpaired) electrons. The lowest BCUT2D eigenvalue weighted by atomic mass is 10.1. The van der Waals surface area contributed by atoms with Crippen molar-refractivity contribution in [2.24, 2.45) is 0 Å². The van der Waals surface area contributed by atoms with Crippen LogP contribution in [0.3, 0.4) is 0 Å². The summed E-state index contributed by atoms with van der Waals surface area (Å²) < 4.78 is 10.5. The number of rotatable bonds is 9. The van der Waals surface area contributed by atoms with Crippen LogP contribution in [-0.2, 0) is 22.5 Å². The fourth-order valence-electron chi connectivity index (χ4n) is 2.64. The van der Waals surface area contributed by atoms with Gasteiger partial charge in [0.15, 0.2) is 5.16 Å². The van der Waals surface area contributed by atoms with Gasteiger partial charge in [-0.25, -0.2) is 9.97 Å². The van der Waals surface area contributed by atoms with Gasteiger partial charge in [-0.1, -0.05) is 11.8 Å². The molecular weight excluding hydrogens is 338 g/mol. The molecule has 2 aromatic heterocycles. The zero-order chi connectivity index (χ0) is 18.2. The Kier molecular flexibility index (Phi) is 7.46. The number of ether oxygens (including phenoxy) is 1. The van der Waals surface area contributed by atoms with Gasteiger partial charge in [0.2, 0.25) is 5.91 Å². The summed E-state index contributed by atoms with van der Waals surface area (Å²) >= 11 is 1.52. The summed E-state index contributed by atoms with van der Waals surface area (Å²) in [7, 11) is 1.63. The van der Waals surface area contributed by atoms with Crippen molar-refractivity contribution in [3.8, 4) is 0 Å². The predicted molar refractivity (Wildman–Crippen MR) is 97.6 cm³/mol. The molecule has 2 aromatic rings. The Hall–Kier alpha value is -1.86. The standard InChI is InChI=1S/C18H25N3O3S/c1-13-16(14(2)20-18(19-13)25-4)7-8-17(22)21(9-11-23-3)12-15-6-5-10-24-15/h5-6,10H,7-9,11-12H2,1-4H3. The molecule has 1 amide bonds. The minimum absolute atomic E-state index is 0.0705. The maximum atomic E-state index is 12.7. The highest BCUT2D eigenvalue weighted by Gasteiger charge is 2.17. The van der Waals surface area contributed by atoms with Crippen molar-refractivity contribution >= 4 is 17.7 Å². The highest BCUT2D eigenvalue weighted by atomic mass is 32.2. The number of amides is 1. The van der Waals surface area contributed by atoms with Crippen molar-refractivity contribution < 1.29 is 13.9 Å². The van der Waals surface area contributed by atoms with E-state index in [0.717, 1.165) is 27.9 Å². The molecule has 7 heteroatoms.